The van der Waals surface area contributed by atoms with Gasteiger partial charge in [-0.05, 0) is 48.9 Å². The average Bonchev–Trinajstić information content (AvgIpc) is 2.76. The topological polar surface area (TPSA) is 93.7 Å². The van der Waals surface area contributed by atoms with Gasteiger partial charge in [0.2, 0.25) is 0 Å². The summed E-state index contributed by atoms with van der Waals surface area (Å²) in [6.07, 6.45) is 0. The van der Waals surface area contributed by atoms with Crippen LogP contribution in [0, 0.1) is 6.92 Å². The normalized spacial score (nSPS) is 11.0. The SMILES string of the molecule is COc1cc(OC)c(NS(=O)(=O)c2cccc(C(=O)Nc3cc(Cl)ccc3C)c2)cc1Cl. The number of hydrogen-bond acceptors (Lipinski definition) is 5. The van der Waals surface area contributed by atoms with Crippen molar-refractivity contribution in [2.24, 2.45) is 0 Å². The standard InChI is InChI=1S/C22H20Cl2N2O5S/c1-13-7-8-15(23)10-18(13)25-22(27)14-5-4-6-16(9-14)32(28,29)26-19-11-17(24)20(30-2)12-21(19)31-3/h4-12,26H,1-3H3,(H,25,27). The van der Waals surface area contributed by atoms with E-state index in [1.807, 2.05) is 6.92 Å². The van der Waals surface area contributed by atoms with Crippen LogP contribution >= 0.6 is 23.2 Å². The van der Waals surface area contributed by atoms with Crippen molar-refractivity contribution in [2.45, 2.75) is 11.8 Å². The van der Waals surface area contributed by atoms with E-state index in [0.717, 1.165) is 5.56 Å². The van der Waals surface area contributed by atoms with Gasteiger partial charge in [-0.25, -0.2) is 8.42 Å². The maximum atomic E-state index is 13.0. The first-order chi connectivity index (χ1) is 15.1. The highest BCUT2D eigenvalue weighted by molar-refractivity contribution is 7.92. The Labute approximate surface area is 196 Å². The maximum Gasteiger partial charge on any atom is 0.262 e. The first-order valence-corrected chi connectivity index (χ1v) is 11.5. The molecular weight excluding hydrogens is 475 g/mol. The van der Waals surface area contributed by atoms with E-state index in [1.165, 1.54) is 50.6 Å². The predicted molar refractivity (Wildman–Crippen MR) is 126 cm³/mol. The van der Waals surface area contributed by atoms with Gasteiger partial charge in [-0.15, -0.1) is 0 Å². The van der Waals surface area contributed by atoms with Crippen LogP contribution in [0.4, 0.5) is 11.4 Å². The molecule has 0 bridgehead atoms. The molecule has 0 aliphatic heterocycles. The second-order valence-electron chi connectivity index (χ2n) is 6.73. The molecule has 3 aromatic carbocycles. The number of carbonyl (C=O) groups excluding carboxylic acids is 1. The first-order valence-electron chi connectivity index (χ1n) is 9.26. The molecule has 3 rings (SSSR count). The molecule has 2 N–H and O–H groups in total. The first kappa shape index (κ1) is 23.7. The Hall–Kier alpha value is -2.94. The highest BCUT2D eigenvalue weighted by Crippen LogP contribution is 2.37. The van der Waals surface area contributed by atoms with E-state index in [9.17, 15) is 13.2 Å². The van der Waals surface area contributed by atoms with Crippen LogP contribution in [0.3, 0.4) is 0 Å². The lowest BCUT2D eigenvalue weighted by atomic mass is 10.1. The fourth-order valence-corrected chi connectivity index (χ4v) is 4.39. The number of sulfonamides is 1. The van der Waals surface area contributed by atoms with Crippen molar-refractivity contribution in [3.63, 3.8) is 0 Å². The van der Waals surface area contributed by atoms with Crippen molar-refractivity contribution in [3.8, 4) is 11.5 Å². The number of ether oxygens (including phenoxy) is 2. The molecule has 0 unspecified atom stereocenters. The maximum absolute atomic E-state index is 13.0. The predicted octanol–water partition coefficient (Wildman–Crippen LogP) is 5.37. The Bertz CT molecular complexity index is 1280. The lowest BCUT2D eigenvalue weighted by Gasteiger charge is -2.15. The van der Waals surface area contributed by atoms with Gasteiger partial charge in [0.15, 0.2) is 0 Å². The van der Waals surface area contributed by atoms with Gasteiger partial charge in [0.25, 0.3) is 15.9 Å². The molecule has 3 aromatic rings. The molecule has 0 aliphatic rings. The Morgan fingerprint density at radius 3 is 2.31 bits per heavy atom. The summed E-state index contributed by atoms with van der Waals surface area (Å²) in [5.74, 6) is 0.0825. The van der Waals surface area contributed by atoms with Crippen LogP contribution in [0.15, 0.2) is 59.5 Å². The van der Waals surface area contributed by atoms with Gasteiger partial charge >= 0.3 is 0 Å². The zero-order valence-electron chi connectivity index (χ0n) is 17.4. The average molecular weight is 495 g/mol. The van der Waals surface area contributed by atoms with E-state index >= 15 is 0 Å². The summed E-state index contributed by atoms with van der Waals surface area (Å²) in [5.41, 5.74) is 1.64. The highest BCUT2D eigenvalue weighted by atomic mass is 35.5. The molecule has 0 saturated heterocycles. The molecule has 0 aliphatic carbocycles. The summed E-state index contributed by atoms with van der Waals surface area (Å²) in [4.78, 5) is 12.6. The summed E-state index contributed by atoms with van der Waals surface area (Å²) in [6, 6.07) is 13.6. The van der Waals surface area contributed by atoms with Crippen LogP contribution < -0.4 is 19.5 Å². The van der Waals surface area contributed by atoms with E-state index in [4.69, 9.17) is 32.7 Å². The molecule has 0 saturated carbocycles. The van der Waals surface area contributed by atoms with Crippen molar-refractivity contribution in [3.05, 3.63) is 75.8 Å². The van der Waals surface area contributed by atoms with E-state index in [1.54, 1.807) is 18.2 Å². The third kappa shape index (κ3) is 5.27. The van der Waals surface area contributed by atoms with Crippen molar-refractivity contribution < 1.29 is 22.7 Å². The fourth-order valence-electron chi connectivity index (χ4n) is 2.87. The second kappa shape index (κ2) is 9.68. The molecule has 0 heterocycles. The Morgan fingerprint density at radius 2 is 1.62 bits per heavy atom. The molecule has 0 fully saturated rings. The van der Waals surface area contributed by atoms with Crippen molar-refractivity contribution >= 4 is 50.5 Å². The van der Waals surface area contributed by atoms with Crippen LogP contribution in [-0.4, -0.2) is 28.5 Å². The van der Waals surface area contributed by atoms with Gasteiger partial charge < -0.3 is 14.8 Å². The summed E-state index contributed by atoms with van der Waals surface area (Å²) in [7, 11) is -1.23. The lowest BCUT2D eigenvalue weighted by Crippen LogP contribution is -2.16. The fraction of sp³-hybridized carbons (Fsp3) is 0.136. The summed E-state index contributed by atoms with van der Waals surface area (Å²) >= 11 is 12.1. The summed E-state index contributed by atoms with van der Waals surface area (Å²) in [5, 5.41) is 3.42. The monoisotopic (exact) mass is 494 g/mol. The number of carbonyl (C=O) groups is 1. The van der Waals surface area contributed by atoms with E-state index in [-0.39, 0.29) is 26.9 Å². The number of benzene rings is 3. The summed E-state index contributed by atoms with van der Waals surface area (Å²) < 4.78 is 38.7. The number of amides is 1. The number of anilines is 2. The highest BCUT2D eigenvalue weighted by Gasteiger charge is 2.20. The van der Waals surface area contributed by atoms with Crippen molar-refractivity contribution in [1.29, 1.82) is 0 Å². The Balaban J connectivity index is 1.89. The number of halogens is 2. The van der Waals surface area contributed by atoms with Gasteiger partial charge in [-0.3, -0.25) is 9.52 Å². The molecule has 168 valence electrons. The van der Waals surface area contributed by atoms with Crippen LogP contribution in [0.1, 0.15) is 15.9 Å². The van der Waals surface area contributed by atoms with Gasteiger partial charge in [0.1, 0.15) is 11.5 Å². The van der Waals surface area contributed by atoms with Crippen LogP contribution in [-0.2, 0) is 10.0 Å². The molecule has 0 radical (unpaired) electrons. The van der Waals surface area contributed by atoms with E-state index in [0.29, 0.717) is 16.5 Å². The molecule has 32 heavy (non-hydrogen) atoms. The summed E-state index contributed by atoms with van der Waals surface area (Å²) in [6.45, 7) is 1.82. The zero-order chi connectivity index (χ0) is 23.5. The largest absolute Gasteiger partial charge is 0.495 e. The number of rotatable bonds is 7. The Kier molecular flexibility index (Phi) is 7.18. The second-order valence-corrected chi connectivity index (χ2v) is 9.26. The van der Waals surface area contributed by atoms with Crippen LogP contribution in [0.2, 0.25) is 10.0 Å². The van der Waals surface area contributed by atoms with Gasteiger partial charge in [-0.1, -0.05) is 35.3 Å². The smallest absolute Gasteiger partial charge is 0.262 e. The molecule has 10 heteroatoms. The quantitative estimate of drug-likeness (QED) is 0.460. The van der Waals surface area contributed by atoms with Gasteiger partial charge in [0.05, 0.1) is 29.8 Å². The number of aryl methyl sites for hydroxylation is 1. The minimum absolute atomic E-state index is 0.109. The molecular formula is C22H20Cl2N2O5S. The van der Waals surface area contributed by atoms with Gasteiger partial charge in [0, 0.05) is 22.3 Å². The van der Waals surface area contributed by atoms with Crippen molar-refractivity contribution in [2.75, 3.05) is 24.3 Å². The molecule has 0 atom stereocenters. The van der Waals surface area contributed by atoms with Crippen molar-refractivity contribution in [1.82, 2.24) is 0 Å². The van der Waals surface area contributed by atoms with Gasteiger partial charge in [-0.2, -0.15) is 0 Å². The molecule has 0 spiro atoms. The Morgan fingerprint density at radius 1 is 0.906 bits per heavy atom. The van der Waals surface area contributed by atoms with E-state index in [2.05, 4.69) is 10.0 Å². The zero-order valence-corrected chi connectivity index (χ0v) is 19.7. The van der Waals surface area contributed by atoms with E-state index < -0.39 is 15.9 Å². The molecule has 1 amide bonds. The number of hydrogen-bond donors (Lipinski definition) is 2. The molecule has 0 aromatic heterocycles. The third-order valence-electron chi connectivity index (χ3n) is 4.57. The number of methoxy groups -OCH3 is 2. The third-order valence-corrected chi connectivity index (χ3v) is 6.47. The minimum atomic E-state index is -4.06. The minimum Gasteiger partial charge on any atom is -0.495 e. The van der Waals surface area contributed by atoms with Crippen LogP contribution in [0.5, 0.6) is 11.5 Å². The molecule has 7 nitrogen and oxygen atoms in total. The number of nitrogens with one attached hydrogen (secondary N) is 2. The lowest BCUT2D eigenvalue weighted by molar-refractivity contribution is 0.102. The van der Waals surface area contributed by atoms with Crippen LogP contribution in [0.25, 0.3) is 0 Å².